The maximum Gasteiger partial charge on any atom is 0.264 e. The second kappa shape index (κ2) is 16.0. The smallest absolute Gasteiger partial charge is 0.264 e. The highest BCUT2D eigenvalue weighted by molar-refractivity contribution is 9.10. The first-order chi connectivity index (χ1) is 22.6. The third kappa shape index (κ3) is 9.03. The third-order valence-electron chi connectivity index (χ3n) is 8.53. The number of sulfonamides is 1. The van der Waals surface area contributed by atoms with Gasteiger partial charge in [-0.15, -0.1) is 0 Å². The number of carbonyl (C=O) groups is 2. The second-order valence-corrected chi connectivity index (χ2v) is 15.2. The van der Waals surface area contributed by atoms with Gasteiger partial charge in [-0.3, -0.25) is 13.9 Å². The summed E-state index contributed by atoms with van der Waals surface area (Å²) in [6.07, 6.45) is 5.29. The van der Waals surface area contributed by atoms with Crippen LogP contribution < -0.4 is 9.62 Å². The predicted molar refractivity (Wildman–Crippen MR) is 191 cm³/mol. The van der Waals surface area contributed by atoms with E-state index in [0.717, 1.165) is 52.0 Å². The number of halogens is 2. The van der Waals surface area contributed by atoms with Gasteiger partial charge in [0.2, 0.25) is 11.8 Å². The first-order valence-electron chi connectivity index (χ1n) is 15.8. The second-order valence-electron chi connectivity index (χ2n) is 12.0. The minimum absolute atomic E-state index is 0.0332. The van der Waals surface area contributed by atoms with Crippen LogP contribution in [0.3, 0.4) is 0 Å². The maximum atomic E-state index is 14.7. The lowest BCUT2D eigenvalue weighted by atomic mass is 9.94. The SMILES string of the molecule is Cc1cc(Cl)ccc1N(CC(=O)N(Cc1ccc(Br)cc1)[C@@H](Cc1ccccc1)C(=O)NC1CCCCC1)S(=O)(=O)c1ccccc1. The summed E-state index contributed by atoms with van der Waals surface area (Å²) >= 11 is 9.73. The van der Waals surface area contributed by atoms with Crippen LogP contribution in [0.2, 0.25) is 5.02 Å². The number of rotatable bonds is 12. The van der Waals surface area contributed by atoms with Gasteiger partial charge in [0, 0.05) is 28.5 Å². The minimum atomic E-state index is -4.19. The number of hydrogen-bond donors (Lipinski definition) is 1. The van der Waals surface area contributed by atoms with Crippen molar-refractivity contribution in [3.8, 4) is 0 Å². The van der Waals surface area contributed by atoms with Gasteiger partial charge in [-0.05, 0) is 78.9 Å². The molecular formula is C37H39BrClN3O4S. The number of nitrogens with one attached hydrogen (secondary N) is 1. The van der Waals surface area contributed by atoms with E-state index >= 15 is 0 Å². The van der Waals surface area contributed by atoms with Crippen LogP contribution in [0.4, 0.5) is 5.69 Å². The summed E-state index contributed by atoms with van der Waals surface area (Å²) in [4.78, 5) is 30.5. The molecule has 246 valence electrons. The van der Waals surface area contributed by atoms with Crippen molar-refractivity contribution in [2.24, 2.45) is 0 Å². The fourth-order valence-corrected chi connectivity index (χ4v) is 8.01. The number of benzene rings is 4. The molecule has 4 aromatic rings. The molecule has 0 heterocycles. The molecule has 1 aliphatic rings. The largest absolute Gasteiger partial charge is 0.352 e. The summed E-state index contributed by atoms with van der Waals surface area (Å²) in [6.45, 7) is 1.35. The summed E-state index contributed by atoms with van der Waals surface area (Å²) in [5.41, 5.74) is 2.64. The van der Waals surface area contributed by atoms with Crippen LogP contribution in [0.25, 0.3) is 0 Å². The standard InChI is InChI=1S/C37H39BrClN3O4S/c1-27-23-31(39)21-22-34(27)42(47(45,46)33-15-9-4-10-16-33)26-36(43)41(25-29-17-19-30(38)20-18-29)35(24-28-11-5-2-6-12-28)37(44)40-32-13-7-3-8-14-32/h2,4-6,9-12,15-23,32,35H,3,7-8,13-14,24-26H2,1H3,(H,40,44)/t35-/m0/s1. The van der Waals surface area contributed by atoms with Gasteiger partial charge >= 0.3 is 0 Å². The van der Waals surface area contributed by atoms with Crippen molar-refractivity contribution in [1.82, 2.24) is 10.2 Å². The quantitative estimate of drug-likeness (QED) is 0.162. The molecule has 4 aromatic carbocycles. The Bertz CT molecular complexity index is 1770. The van der Waals surface area contributed by atoms with E-state index in [0.29, 0.717) is 16.3 Å². The summed E-state index contributed by atoms with van der Waals surface area (Å²) < 4.78 is 30.4. The normalized spacial score (nSPS) is 14.3. The lowest BCUT2D eigenvalue weighted by Crippen LogP contribution is -2.55. The number of amides is 2. The number of carbonyl (C=O) groups excluding carboxylic acids is 2. The van der Waals surface area contributed by atoms with Gasteiger partial charge in [-0.2, -0.15) is 0 Å². The van der Waals surface area contributed by atoms with Crippen LogP contribution in [0.1, 0.15) is 48.8 Å². The maximum absolute atomic E-state index is 14.7. The molecule has 5 rings (SSSR count). The van der Waals surface area contributed by atoms with E-state index in [9.17, 15) is 18.0 Å². The average molecular weight is 737 g/mol. The van der Waals surface area contributed by atoms with E-state index in [1.807, 2.05) is 54.6 Å². The number of anilines is 1. The minimum Gasteiger partial charge on any atom is -0.352 e. The zero-order chi connectivity index (χ0) is 33.4. The van der Waals surface area contributed by atoms with E-state index in [-0.39, 0.29) is 29.8 Å². The Kier molecular flexibility index (Phi) is 11.8. The zero-order valence-electron chi connectivity index (χ0n) is 26.3. The Morgan fingerprint density at radius 1 is 0.872 bits per heavy atom. The van der Waals surface area contributed by atoms with Crippen molar-refractivity contribution in [2.45, 2.75) is 69.0 Å². The molecule has 0 aliphatic heterocycles. The molecule has 0 spiro atoms. The van der Waals surface area contributed by atoms with Crippen LogP contribution >= 0.6 is 27.5 Å². The summed E-state index contributed by atoms with van der Waals surface area (Å²) in [6, 6.07) is 29.2. The van der Waals surface area contributed by atoms with Crippen LogP contribution in [-0.4, -0.2) is 43.8 Å². The summed E-state index contributed by atoms with van der Waals surface area (Å²) in [7, 11) is -4.19. The van der Waals surface area contributed by atoms with E-state index in [1.165, 1.54) is 17.0 Å². The Morgan fingerprint density at radius 3 is 2.15 bits per heavy atom. The molecule has 2 amide bonds. The lowest BCUT2D eigenvalue weighted by Gasteiger charge is -2.35. The molecule has 7 nitrogen and oxygen atoms in total. The first kappa shape index (κ1) is 34.7. The molecule has 0 radical (unpaired) electrons. The molecule has 10 heteroatoms. The Morgan fingerprint density at radius 2 is 1.51 bits per heavy atom. The highest BCUT2D eigenvalue weighted by atomic mass is 79.9. The summed E-state index contributed by atoms with van der Waals surface area (Å²) in [5.74, 6) is -0.743. The molecule has 0 bridgehead atoms. The Hall–Kier alpha value is -3.66. The van der Waals surface area contributed by atoms with Gasteiger partial charge in [-0.25, -0.2) is 8.42 Å². The van der Waals surface area contributed by atoms with Gasteiger partial charge in [0.05, 0.1) is 10.6 Å². The van der Waals surface area contributed by atoms with Crippen molar-refractivity contribution < 1.29 is 18.0 Å². The average Bonchev–Trinajstić information content (AvgIpc) is 3.07. The molecular weight excluding hydrogens is 698 g/mol. The Labute approximate surface area is 291 Å². The molecule has 0 unspecified atom stereocenters. The molecule has 47 heavy (non-hydrogen) atoms. The fraction of sp³-hybridized carbons (Fsp3) is 0.297. The number of aryl methyl sites for hydroxylation is 1. The van der Waals surface area contributed by atoms with E-state index in [2.05, 4.69) is 21.2 Å². The van der Waals surface area contributed by atoms with Crippen molar-refractivity contribution in [3.05, 3.63) is 129 Å². The van der Waals surface area contributed by atoms with E-state index < -0.39 is 28.5 Å². The lowest BCUT2D eigenvalue weighted by molar-refractivity contribution is -0.140. The van der Waals surface area contributed by atoms with Crippen molar-refractivity contribution in [1.29, 1.82) is 0 Å². The van der Waals surface area contributed by atoms with Gasteiger partial charge in [0.15, 0.2) is 0 Å². The molecule has 1 aliphatic carbocycles. The van der Waals surface area contributed by atoms with Crippen molar-refractivity contribution in [2.75, 3.05) is 10.8 Å². The van der Waals surface area contributed by atoms with Crippen LogP contribution in [0, 0.1) is 6.92 Å². The predicted octanol–water partition coefficient (Wildman–Crippen LogP) is 7.70. The fourth-order valence-electron chi connectivity index (χ4n) is 6.02. The van der Waals surface area contributed by atoms with Gasteiger partial charge in [0.1, 0.15) is 12.6 Å². The highest BCUT2D eigenvalue weighted by Gasteiger charge is 2.35. The topological polar surface area (TPSA) is 86.8 Å². The van der Waals surface area contributed by atoms with Crippen LogP contribution in [0.15, 0.2) is 112 Å². The number of hydrogen-bond acceptors (Lipinski definition) is 4. The molecule has 0 aromatic heterocycles. The third-order valence-corrected chi connectivity index (χ3v) is 11.1. The van der Waals surface area contributed by atoms with Crippen LogP contribution in [-0.2, 0) is 32.6 Å². The van der Waals surface area contributed by atoms with Crippen molar-refractivity contribution >= 4 is 55.1 Å². The van der Waals surface area contributed by atoms with Gasteiger partial charge < -0.3 is 10.2 Å². The van der Waals surface area contributed by atoms with Crippen LogP contribution in [0.5, 0.6) is 0 Å². The van der Waals surface area contributed by atoms with Crippen molar-refractivity contribution in [3.63, 3.8) is 0 Å². The van der Waals surface area contributed by atoms with E-state index in [4.69, 9.17) is 11.6 Å². The number of nitrogens with zero attached hydrogens (tertiary/aromatic N) is 2. The van der Waals surface area contributed by atoms with Gasteiger partial charge in [0.25, 0.3) is 10.0 Å². The highest BCUT2D eigenvalue weighted by Crippen LogP contribution is 2.30. The van der Waals surface area contributed by atoms with Gasteiger partial charge in [-0.1, -0.05) is 107 Å². The molecule has 1 saturated carbocycles. The zero-order valence-corrected chi connectivity index (χ0v) is 29.5. The monoisotopic (exact) mass is 735 g/mol. The van der Waals surface area contributed by atoms with E-state index in [1.54, 1.807) is 43.3 Å². The Balaban J connectivity index is 1.57. The summed E-state index contributed by atoms with van der Waals surface area (Å²) in [5, 5.41) is 3.69. The molecule has 1 atom stereocenters. The first-order valence-corrected chi connectivity index (χ1v) is 18.4. The molecule has 1 fully saturated rings. The molecule has 1 N–H and O–H groups in total. The molecule has 0 saturated heterocycles.